The number of alkyl halides is 1. The van der Waals surface area contributed by atoms with Crippen LogP contribution in [0.5, 0.6) is 5.75 Å². The molecule has 8 nitrogen and oxygen atoms in total. The number of amides is 1. The van der Waals surface area contributed by atoms with Gasteiger partial charge in [0, 0.05) is 54.9 Å². The second-order valence-corrected chi connectivity index (χ2v) is 9.24. The Labute approximate surface area is 213 Å². The van der Waals surface area contributed by atoms with Crippen molar-refractivity contribution in [1.82, 2.24) is 19.9 Å². The number of anilines is 1. The molecule has 3 aromatic rings. The van der Waals surface area contributed by atoms with Crippen LogP contribution in [0.2, 0.25) is 5.02 Å². The summed E-state index contributed by atoms with van der Waals surface area (Å²) in [6.45, 7) is 0.732. The van der Waals surface area contributed by atoms with Crippen molar-refractivity contribution < 1.29 is 19.4 Å². The SMILES string of the molecule is [2H]C([2H])([2H])NC(=O)COc1cc2cc(Cc3nc(N4C[C@@H](C)C([2H])(F)[C@@H](C)C4)ncc3Cl)ccc2n(C)c1=O. The minimum Gasteiger partial charge on any atom is -0.478 e. The van der Waals surface area contributed by atoms with Crippen molar-refractivity contribution >= 4 is 34.4 Å². The van der Waals surface area contributed by atoms with E-state index < -0.39 is 43.0 Å². The summed E-state index contributed by atoms with van der Waals surface area (Å²) < 4.78 is 50.6. The molecule has 2 aromatic heterocycles. The maximum absolute atomic E-state index is 14.6. The van der Waals surface area contributed by atoms with Crippen molar-refractivity contribution in [3.05, 3.63) is 57.1 Å². The van der Waals surface area contributed by atoms with Crippen molar-refractivity contribution in [1.29, 1.82) is 0 Å². The number of nitrogens with one attached hydrogen (secondary N) is 1. The van der Waals surface area contributed by atoms with Crippen molar-refractivity contribution in [3.8, 4) is 5.75 Å². The van der Waals surface area contributed by atoms with Gasteiger partial charge in [-0.25, -0.2) is 14.4 Å². The van der Waals surface area contributed by atoms with Crippen molar-refractivity contribution in [3.63, 3.8) is 0 Å². The highest BCUT2D eigenvalue weighted by molar-refractivity contribution is 6.31. The third kappa shape index (κ3) is 5.24. The minimum absolute atomic E-state index is 0.100. The number of pyridine rings is 1. The average Bonchev–Trinajstić information content (AvgIpc) is 2.84. The van der Waals surface area contributed by atoms with E-state index in [4.69, 9.17) is 21.8 Å². The number of aromatic nitrogens is 3. The molecular weight excluding hydrogens is 473 g/mol. The normalized spacial score (nSPS) is 24.3. The fourth-order valence-corrected chi connectivity index (χ4v) is 4.47. The highest BCUT2D eigenvalue weighted by atomic mass is 35.5. The summed E-state index contributed by atoms with van der Waals surface area (Å²) in [5, 5.41) is 2.83. The number of likely N-dealkylation sites (N-methyl/N-ethyl adjacent to an activating group) is 1. The van der Waals surface area contributed by atoms with E-state index in [9.17, 15) is 14.0 Å². The zero-order valence-corrected chi connectivity index (χ0v) is 20.4. The van der Waals surface area contributed by atoms with Crippen LogP contribution in [0.1, 0.15) is 30.6 Å². The van der Waals surface area contributed by atoms with Gasteiger partial charge in [-0.2, -0.15) is 0 Å². The Bertz CT molecular complexity index is 1450. The van der Waals surface area contributed by atoms with E-state index in [1.54, 1.807) is 27.0 Å². The molecule has 0 saturated carbocycles. The van der Waals surface area contributed by atoms with Crippen LogP contribution in [-0.4, -0.2) is 53.3 Å². The molecular formula is C25H29ClFN5O3. The van der Waals surface area contributed by atoms with E-state index >= 15 is 0 Å². The van der Waals surface area contributed by atoms with Crippen LogP contribution in [0, 0.1) is 11.8 Å². The molecule has 1 aliphatic rings. The quantitative estimate of drug-likeness (QED) is 0.553. The van der Waals surface area contributed by atoms with Gasteiger partial charge in [0.25, 0.3) is 11.5 Å². The number of hydrogen-bond donors (Lipinski definition) is 1. The zero-order chi connectivity index (χ0) is 28.7. The largest absolute Gasteiger partial charge is 0.478 e. The standard InChI is InChI=1S/C25H29ClFN5O3/c1-14-11-32(12-15(2)23(14)27)25-29-10-18(26)19(30-25)8-16-5-6-20-17(7-16)9-21(24(34)31(20)4)35-13-22(33)28-3/h5-7,9-10,14-15,23H,8,11-13H2,1-4H3,(H,28,33)/t14-,15+,23?/i3D3,23D. The first kappa shape index (κ1) is 20.0. The lowest BCUT2D eigenvalue weighted by molar-refractivity contribution is -0.122. The fraction of sp³-hybridized carbons (Fsp3) is 0.440. The summed E-state index contributed by atoms with van der Waals surface area (Å²) in [6.07, 6.45) is -0.166. The molecule has 1 fully saturated rings. The fourth-order valence-electron chi connectivity index (χ4n) is 4.32. The third-order valence-electron chi connectivity index (χ3n) is 6.14. The van der Waals surface area contributed by atoms with Gasteiger partial charge in [-0.3, -0.25) is 9.59 Å². The van der Waals surface area contributed by atoms with Crippen LogP contribution in [0.3, 0.4) is 0 Å². The summed E-state index contributed by atoms with van der Waals surface area (Å²) in [7, 11) is 1.57. The van der Waals surface area contributed by atoms with E-state index in [0.29, 0.717) is 47.1 Å². The van der Waals surface area contributed by atoms with Gasteiger partial charge < -0.3 is 19.5 Å². The smallest absolute Gasteiger partial charge is 0.293 e. The van der Waals surface area contributed by atoms with Gasteiger partial charge in [0.05, 0.1) is 23.8 Å². The summed E-state index contributed by atoms with van der Waals surface area (Å²) in [5.41, 5.74) is 1.54. The van der Waals surface area contributed by atoms with Crippen LogP contribution in [0.15, 0.2) is 35.3 Å². The zero-order valence-electron chi connectivity index (χ0n) is 23.6. The molecule has 0 bridgehead atoms. The number of rotatable bonds is 6. The Morgan fingerprint density at radius 3 is 2.80 bits per heavy atom. The topological polar surface area (TPSA) is 89.3 Å². The summed E-state index contributed by atoms with van der Waals surface area (Å²) in [6, 6.07) is 6.95. The number of nitrogens with zero attached hydrogens (tertiary/aromatic N) is 4. The average molecular weight is 506 g/mol. The number of fused-ring (bicyclic) bond motifs is 1. The number of halogens is 2. The molecule has 0 radical (unpaired) electrons. The number of carbonyl (C=O) groups is 1. The minimum atomic E-state index is -2.66. The van der Waals surface area contributed by atoms with Crippen LogP contribution >= 0.6 is 11.6 Å². The summed E-state index contributed by atoms with van der Waals surface area (Å²) in [4.78, 5) is 35.4. The molecule has 1 unspecified atom stereocenters. The van der Waals surface area contributed by atoms with E-state index in [2.05, 4.69) is 9.97 Å². The van der Waals surface area contributed by atoms with Crippen molar-refractivity contribution in [2.24, 2.45) is 18.9 Å². The lowest BCUT2D eigenvalue weighted by atomic mass is 9.90. The van der Waals surface area contributed by atoms with Gasteiger partial charge in [0.2, 0.25) is 5.95 Å². The Kier molecular flexibility index (Phi) is 5.84. The monoisotopic (exact) mass is 505 g/mol. The van der Waals surface area contributed by atoms with Gasteiger partial charge in [0.15, 0.2) is 12.4 Å². The lowest BCUT2D eigenvalue weighted by Crippen LogP contribution is -2.46. The van der Waals surface area contributed by atoms with Crippen molar-refractivity contribution in [2.45, 2.75) is 26.4 Å². The highest BCUT2D eigenvalue weighted by Gasteiger charge is 2.33. The van der Waals surface area contributed by atoms with E-state index in [1.165, 1.54) is 16.8 Å². The molecule has 10 heteroatoms. The van der Waals surface area contributed by atoms with Gasteiger partial charge in [0.1, 0.15) is 6.15 Å². The number of carbonyl (C=O) groups excluding carboxylic acids is 1. The Morgan fingerprint density at radius 1 is 1.34 bits per heavy atom. The first-order valence-electron chi connectivity index (χ1n) is 13.2. The first-order valence-corrected chi connectivity index (χ1v) is 11.5. The van der Waals surface area contributed by atoms with Crippen LogP contribution in [-0.2, 0) is 18.3 Å². The molecule has 1 aliphatic heterocycles. The molecule has 0 spiro atoms. The van der Waals surface area contributed by atoms with Crippen molar-refractivity contribution in [2.75, 3.05) is 31.6 Å². The lowest BCUT2D eigenvalue weighted by Gasteiger charge is -2.37. The maximum Gasteiger partial charge on any atom is 0.293 e. The predicted molar refractivity (Wildman–Crippen MR) is 134 cm³/mol. The van der Waals surface area contributed by atoms with E-state index in [0.717, 1.165) is 5.56 Å². The van der Waals surface area contributed by atoms with E-state index in [-0.39, 0.29) is 5.75 Å². The number of hydrogen-bond acceptors (Lipinski definition) is 6. The van der Waals surface area contributed by atoms with E-state index in [1.807, 2.05) is 22.3 Å². The molecule has 1 N–H and O–H groups in total. The number of aryl methyl sites for hydroxylation is 1. The Hall–Kier alpha value is -3.20. The number of piperidine rings is 1. The van der Waals surface area contributed by atoms with Gasteiger partial charge in [-0.15, -0.1) is 0 Å². The highest BCUT2D eigenvalue weighted by Crippen LogP contribution is 2.29. The molecule has 3 heterocycles. The number of benzene rings is 1. The molecule has 0 aliphatic carbocycles. The van der Waals surface area contributed by atoms with Crippen LogP contribution in [0.4, 0.5) is 10.3 Å². The molecule has 3 atom stereocenters. The second-order valence-electron chi connectivity index (χ2n) is 8.84. The van der Waals surface area contributed by atoms with Crippen LogP contribution in [0.25, 0.3) is 10.9 Å². The van der Waals surface area contributed by atoms with Crippen LogP contribution < -0.4 is 20.5 Å². The molecule has 1 amide bonds. The third-order valence-corrected chi connectivity index (χ3v) is 6.46. The van der Waals surface area contributed by atoms with Gasteiger partial charge >= 0.3 is 0 Å². The molecule has 186 valence electrons. The maximum atomic E-state index is 14.6. The molecule has 1 saturated heterocycles. The molecule has 4 rings (SSSR count). The summed E-state index contributed by atoms with van der Waals surface area (Å²) >= 11 is 6.42. The second kappa shape index (κ2) is 10.2. The van der Waals surface area contributed by atoms with Gasteiger partial charge in [-0.05, 0) is 23.8 Å². The Morgan fingerprint density at radius 2 is 2.09 bits per heavy atom. The predicted octanol–water partition coefficient (Wildman–Crippen LogP) is 3.13. The first-order chi connectivity index (χ1) is 18.2. The van der Waals surface area contributed by atoms with Gasteiger partial charge in [-0.1, -0.05) is 31.5 Å². The molecule has 1 aromatic carbocycles. The molecule has 35 heavy (non-hydrogen) atoms. The number of ether oxygens (including phenoxy) is 1. The summed E-state index contributed by atoms with van der Waals surface area (Å²) in [5.74, 6) is -1.61. The Balaban J connectivity index is 1.58.